The molecule has 0 spiro atoms. The van der Waals surface area contributed by atoms with Crippen LogP contribution < -0.4 is 4.74 Å². The summed E-state index contributed by atoms with van der Waals surface area (Å²) >= 11 is 0. The van der Waals surface area contributed by atoms with Crippen LogP contribution in [0.25, 0.3) is 33.5 Å². The normalized spacial score (nSPS) is 11.6. The van der Waals surface area contributed by atoms with Crippen molar-refractivity contribution < 1.29 is 4.74 Å². The minimum absolute atomic E-state index is 0.464. The highest BCUT2D eigenvalue weighted by Gasteiger charge is 2.11. The molecule has 0 aliphatic heterocycles. The number of nitrogens with one attached hydrogen (secondary N) is 1. The fourth-order valence-electron chi connectivity index (χ4n) is 2.98. The lowest BCUT2D eigenvalue weighted by molar-refractivity contribution is 0.414. The summed E-state index contributed by atoms with van der Waals surface area (Å²) in [6.07, 6.45) is 1.83. The molecule has 4 nitrogen and oxygen atoms in total. The molecule has 0 amide bonds. The molecule has 4 aromatic rings. The number of nitrogens with zero attached hydrogens (tertiary/aromatic N) is 2. The summed E-state index contributed by atoms with van der Waals surface area (Å²) in [6, 6.07) is 22.0. The molecule has 25 heavy (non-hydrogen) atoms. The summed E-state index contributed by atoms with van der Waals surface area (Å²) in [7, 11) is 1.63. The highest BCUT2D eigenvalue weighted by Crippen LogP contribution is 2.31. The molecule has 120 valence electrons. The smallest absolute Gasteiger partial charge is 0.149 e. The number of imidazole rings is 1. The molecule has 0 unspecified atom stereocenters. The Bertz CT molecular complexity index is 1120. The molecule has 0 saturated heterocycles. The maximum absolute atomic E-state index is 9.68. The molecule has 0 radical (unpaired) electrons. The van der Waals surface area contributed by atoms with Gasteiger partial charge in [0.05, 0.1) is 23.7 Å². The Kier molecular flexibility index (Phi) is 3.68. The molecule has 0 aliphatic carbocycles. The van der Waals surface area contributed by atoms with Crippen LogP contribution in [0.4, 0.5) is 0 Å². The van der Waals surface area contributed by atoms with E-state index in [0.29, 0.717) is 11.4 Å². The van der Waals surface area contributed by atoms with Gasteiger partial charge in [0.1, 0.15) is 17.6 Å². The number of rotatable bonds is 3. The maximum atomic E-state index is 9.68. The minimum Gasteiger partial charge on any atom is -0.496 e. The van der Waals surface area contributed by atoms with Crippen LogP contribution in [-0.4, -0.2) is 17.1 Å². The fourth-order valence-corrected chi connectivity index (χ4v) is 2.98. The number of H-pyrrole nitrogens is 1. The lowest BCUT2D eigenvalue weighted by atomic mass is 10.0. The molecule has 4 rings (SSSR count). The number of para-hydroxylation sites is 2. The van der Waals surface area contributed by atoms with Crippen LogP contribution in [0.15, 0.2) is 60.7 Å². The van der Waals surface area contributed by atoms with Gasteiger partial charge in [0.2, 0.25) is 0 Å². The largest absolute Gasteiger partial charge is 0.496 e. The van der Waals surface area contributed by atoms with E-state index < -0.39 is 0 Å². The first-order valence-corrected chi connectivity index (χ1v) is 7.93. The highest BCUT2D eigenvalue weighted by molar-refractivity contribution is 6.00. The molecule has 1 aromatic heterocycles. The van der Waals surface area contributed by atoms with Gasteiger partial charge in [0.15, 0.2) is 0 Å². The Morgan fingerprint density at radius 3 is 2.68 bits per heavy atom. The van der Waals surface area contributed by atoms with Crippen LogP contribution in [0.2, 0.25) is 0 Å². The molecular weight excluding hydrogens is 310 g/mol. The zero-order valence-electron chi connectivity index (χ0n) is 13.7. The second kappa shape index (κ2) is 6.14. The van der Waals surface area contributed by atoms with E-state index in [2.05, 4.69) is 16.0 Å². The predicted molar refractivity (Wildman–Crippen MR) is 100 cm³/mol. The average molecular weight is 325 g/mol. The van der Waals surface area contributed by atoms with Gasteiger partial charge in [0.25, 0.3) is 0 Å². The highest BCUT2D eigenvalue weighted by atomic mass is 16.5. The van der Waals surface area contributed by atoms with Crippen molar-refractivity contribution in [3.63, 3.8) is 0 Å². The number of hydrogen-bond acceptors (Lipinski definition) is 3. The lowest BCUT2D eigenvalue weighted by Crippen LogP contribution is -1.91. The Morgan fingerprint density at radius 1 is 1.08 bits per heavy atom. The molecule has 0 fully saturated rings. The molecule has 0 saturated carbocycles. The van der Waals surface area contributed by atoms with Gasteiger partial charge in [-0.15, -0.1) is 0 Å². The lowest BCUT2D eigenvalue weighted by Gasteiger charge is -2.09. The van der Waals surface area contributed by atoms with E-state index >= 15 is 0 Å². The van der Waals surface area contributed by atoms with Crippen molar-refractivity contribution in [2.45, 2.75) is 0 Å². The molecule has 0 aliphatic rings. The number of ether oxygens (including phenoxy) is 1. The van der Waals surface area contributed by atoms with Crippen molar-refractivity contribution in [3.05, 3.63) is 72.1 Å². The second-order valence-corrected chi connectivity index (χ2v) is 5.68. The summed E-state index contributed by atoms with van der Waals surface area (Å²) < 4.78 is 5.51. The summed E-state index contributed by atoms with van der Waals surface area (Å²) in [5.74, 6) is 1.28. The van der Waals surface area contributed by atoms with E-state index in [4.69, 9.17) is 4.74 Å². The number of nitriles is 1. The first-order valence-electron chi connectivity index (χ1n) is 7.93. The number of hydrogen-bond donors (Lipinski definition) is 1. The monoisotopic (exact) mass is 325 g/mol. The van der Waals surface area contributed by atoms with E-state index in [-0.39, 0.29) is 0 Å². The van der Waals surface area contributed by atoms with Gasteiger partial charge < -0.3 is 9.72 Å². The standard InChI is InChI=1S/C21H15N3O/c1-25-20-11-10-14-6-2-3-7-16(14)17(20)12-15(13-22)21-23-18-8-4-5-9-19(18)24-21/h2-12H,1H3,(H,23,24)/b15-12+. The number of benzene rings is 3. The van der Waals surface area contributed by atoms with Crippen LogP contribution in [0.5, 0.6) is 5.75 Å². The Labute approximate surface area is 145 Å². The summed E-state index contributed by atoms with van der Waals surface area (Å²) in [4.78, 5) is 7.74. The molecule has 1 N–H and O–H groups in total. The van der Waals surface area contributed by atoms with Crippen molar-refractivity contribution in [1.82, 2.24) is 9.97 Å². The number of aromatic amines is 1. The van der Waals surface area contributed by atoms with Crippen LogP contribution in [0, 0.1) is 11.3 Å². The quantitative estimate of drug-likeness (QED) is 0.551. The zero-order chi connectivity index (χ0) is 17.2. The third kappa shape index (κ3) is 2.62. The van der Waals surface area contributed by atoms with Gasteiger partial charge in [-0.3, -0.25) is 0 Å². The van der Waals surface area contributed by atoms with Crippen LogP contribution in [0.1, 0.15) is 11.4 Å². The topological polar surface area (TPSA) is 61.7 Å². The maximum Gasteiger partial charge on any atom is 0.149 e. The zero-order valence-corrected chi connectivity index (χ0v) is 13.7. The molecule has 0 bridgehead atoms. The van der Waals surface area contributed by atoms with Crippen LogP contribution >= 0.6 is 0 Å². The third-order valence-corrected chi connectivity index (χ3v) is 4.20. The third-order valence-electron chi connectivity index (χ3n) is 4.20. The number of aromatic nitrogens is 2. The van der Waals surface area contributed by atoms with Gasteiger partial charge >= 0.3 is 0 Å². The van der Waals surface area contributed by atoms with Gasteiger partial charge in [-0.1, -0.05) is 42.5 Å². The number of methoxy groups -OCH3 is 1. The van der Waals surface area contributed by atoms with Crippen LogP contribution in [-0.2, 0) is 0 Å². The van der Waals surface area contributed by atoms with Crippen molar-refractivity contribution in [3.8, 4) is 11.8 Å². The van der Waals surface area contributed by atoms with Gasteiger partial charge in [-0.05, 0) is 35.0 Å². The molecule has 4 heteroatoms. The summed E-state index contributed by atoms with van der Waals surface area (Å²) in [5, 5.41) is 11.8. The SMILES string of the molecule is COc1ccc2ccccc2c1/C=C(\C#N)c1nc2ccccc2[nH]1. The van der Waals surface area contributed by atoms with E-state index in [1.165, 1.54) is 0 Å². The molecular formula is C21H15N3O. The first kappa shape index (κ1) is 15.0. The van der Waals surface area contributed by atoms with E-state index in [1.54, 1.807) is 7.11 Å². The van der Waals surface area contributed by atoms with E-state index in [0.717, 1.165) is 33.1 Å². The Balaban J connectivity index is 1.94. The minimum atomic E-state index is 0.464. The second-order valence-electron chi connectivity index (χ2n) is 5.68. The van der Waals surface area contributed by atoms with E-state index in [1.807, 2.05) is 66.7 Å². The fraction of sp³-hybridized carbons (Fsp3) is 0.0476. The summed E-state index contributed by atoms with van der Waals surface area (Å²) in [6.45, 7) is 0. The predicted octanol–water partition coefficient (Wildman–Crippen LogP) is 4.79. The van der Waals surface area contributed by atoms with Crippen molar-refractivity contribution in [2.75, 3.05) is 7.11 Å². The van der Waals surface area contributed by atoms with Crippen molar-refractivity contribution in [1.29, 1.82) is 5.26 Å². The van der Waals surface area contributed by atoms with Crippen molar-refractivity contribution in [2.24, 2.45) is 0 Å². The van der Waals surface area contributed by atoms with Gasteiger partial charge in [-0.2, -0.15) is 5.26 Å². The molecule has 3 aromatic carbocycles. The molecule has 1 heterocycles. The molecule has 0 atom stereocenters. The number of fused-ring (bicyclic) bond motifs is 2. The summed E-state index contributed by atoms with van der Waals surface area (Å²) in [5.41, 5.74) is 3.08. The number of allylic oxidation sites excluding steroid dienone is 1. The van der Waals surface area contributed by atoms with Gasteiger partial charge in [0, 0.05) is 5.56 Å². The first-order chi connectivity index (χ1) is 12.3. The van der Waals surface area contributed by atoms with Gasteiger partial charge in [-0.25, -0.2) is 4.98 Å². The van der Waals surface area contributed by atoms with Crippen LogP contribution in [0.3, 0.4) is 0 Å². The average Bonchev–Trinajstić information content (AvgIpc) is 3.09. The van der Waals surface area contributed by atoms with Crippen molar-refractivity contribution >= 4 is 33.5 Å². The Morgan fingerprint density at radius 2 is 1.88 bits per heavy atom. The van der Waals surface area contributed by atoms with E-state index in [9.17, 15) is 5.26 Å². The Hall–Kier alpha value is -3.58.